The van der Waals surface area contributed by atoms with Crippen LogP contribution in [0.1, 0.15) is 31.1 Å². The molecule has 0 spiro atoms. The second-order valence-corrected chi connectivity index (χ2v) is 4.72. The highest BCUT2D eigenvalue weighted by Gasteiger charge is 2.01. The molecule has 14 heavy (non-hydrogen) atoms. The summed E-state index contributed by atoms with van der Waals surface area (Å²) < 4.78 is 1.32. The third-order valence-corrected chi connectivity index (χ3v) is 3.51. The Morgan fingerprint density at radius 1 is 1.36 bits per heavy atom. The SMILES string of the molecule is CCCCCc1cc2ncccc2s1. The molecule has 0 N–H and O–H groups in total. The van der Waals surface area contributed by atoms with E-state index >= 15 is 0 Å². The summed E-state index contributed by atoms with van der Waals surface area (Å²) in [7, 11) is 0. The molecule has 0 saturated heterocycles. The number of aryl methyl sites for hydroxylation is 1. The van der Waals surface area contributed by atoms with Crippen LogP contribution in [0.15, 0.2) is 24.4 Å². The Labute approximate surface area is 88.8 Å². The molecule has 0 saturated carbocycles. The van der Waals surface area contributed by atoms with Crippen LogP contribution in [0.2, 0.25) is 0 Å². The fraction of sp³-hybridized carbons (Fsp3) is 0.417. The van der Waals surface area contributed by atoms with Crippen molar-refractivity contribution in [2.24, 2.45) is 0 Å². The lowest BCUT2D eigenvalue weighted by Crippen LogP contribution is -1.79. The van der Waals surface area contributed by atoms with E-state index in [1.165, 1.54) is 35.3 Å². The maximum absolute atomic E-state index is 4.34. The molecular formula is C12H15NS. The van der Waals surface area contributed by atoms with Crippen LogP contribution in [0.25, 0.3) is 10.2 Å². The van der Waals surface area contributed by atoms with Crippen LogP contribution in [-0.4, -0.2) is 4.98 Å². The van der Waals surface area contributed by atoms with Crippen molar-refractivity contribution in [2.45, 2.75) is 32.6 Å². The lowest BCUT2D eigenvalue weighted by Gasteiger charge is -1.93. The van der Waals surface area contributed by atoms with E-state index in [2.05, 4.69) is 24.0 Å². The lowest BCUT2D eigenvalue weighted by molar-refractivity contribution is 0.723. The van der Waals surface area contributed by atoms with Crippen molar-refractivity contribution in [1.82, 2.24) is 4.98 Å². The monoisotopic (exact) mass is 205 g/mol. The summed E-state index contributed by atoms with van der Waals surface area (Å²) in [5, 5.41) is 0. The van der Waals surface area contributed by atoms with Crippen LogP contribution in [0, 0.1) is 0 Å². The van der Waals surface area contributed by atoms with Gasteiger partial charge in [0.1, 0.15) is 0 Å². The Balaban J connectivity index is 2.11. The first-order chi connectivity index (χ1) is 6.90. The van der Waals surface area contributed by atoms with Gasteiger partial charge in [0.25, 0.3) is 0 Å². The van der Waals surface area contributed by atoms with E-state index in [0.29, 0.717) is 0 Å². The summed E-state index contributed by atoms with van der Waals surface area (Å²) in [5.41, 5.74) is 1.16. The molecule has 2 heteroatoms. The Morgan fingerprint density at radius 2 is 2.29 bits per heavy atom. The highest BCUT2D eigenvalue weighted by atomic mass is 32.1. The molecule has 0 bridgehead atoms. The minimum absolute atomic E-state index is 1.16. The third-order valence-electron chi connectivity index (χ3n) is 2.37. The molecule has 0 amide bonds. The van der Waals surface area contributed by atoms with E-state index in [-0.39, 0.29) is 0 Å². The molecule has 0 radical (unpaired) electrons. The fourth-order valence-electron chi connectivity index (χ4n) is 1.59. The zero-order chi connectivity index (χ0) is 9.80. The van der Waals surface area contributed by atoms with Crippen molar-refractivity contribution in [3.63, 3.8) is 0 Å². The number of fused-ring (bicyclic) bond motifs is 1. The van der Waals surface area contributed by atoms with E-state index in [1.807, 2.05) is 23.6 Å². The van der Waals surface area contributed by atoms with Crippen molar-refractivity contribution < 1.29 is 0 Å². The number of hydrogen-bond acceptors (Lipinski definition) is 2. The number of rotatable bonds is 4. The van der Waals surface area contributed by atoms with Gasteiger partial charge in [0, 0.05) is 11.1 Å². The molecule has 0 fully saturated rings. The van der Waals surface area contributed by atoms with Gasteiger partial charge in [-0.25, -0.2) is 0 Å². The summed E-state index contributed by atoms with van der Waals surface area (Å²) in [6, 6.07) is 6.39. The Hall–Kier alpha value is -0.890. The van der Waals surface area contributed by atoms with Gasteiger partial charge in [0.2, 0.25) is 0 Å². The summed E-state index contributed by atoms with van der Waals surface area (Å²) in [5.74, 6) is 0. The zero-order valence-corrected chi connectivity index (χ0v) is 9.31. The Morgan fingerprint density at radius 3 is 3.07 bits per heavy atom. The Bertz CT molecular complexity index is 372. The number of unbranched alkanes of at least 4 members (excludes halogenated alkanes) is 2. The van der Waals surface area contributed by atoms with E-state index in [4.69, 9.17) is 0 Å². The number of thiophene rings is 1. The van der Waals surface area contributed by atoms with Crippen molar-refractivity contribution in [2.75, 3.05) is 0 Å². The second-order valence-electron chi connectivity index (χ2n) is 3.56. The summed E-state index contributed by atoms with van der Waals surface area (Å²) in [6.45, 7) is 2.24. The quantitative estimate of drug-likeness (QED) is 0.687. The smallest absolute Gasteiger partial charge is 0.0812 e. The van der Waals surface area contributed by atoms with Crippen LogP contribution in [0.3, 0.4) is 0 Å². The third kappa shape index (κ3) is 2.13. The number of hydrogen-bond donors (Lipinski definition) is 0. The summed E-state index contributed by atoms with van der Waals surface area (Å²) >= 11 is 1.89. The maximum Gasteiger partial charge on any atom is 0.0812 e. The molecule has 0 aromatic carbocycles. The standard InChI is InChI=1S/C12H15NS/c1-2-3-4-6-10-9-11-12(14-10)7-5-8-13-11/h5,7-9H,2-4,6H2,1H3. The molecule has 0 atom stereocenters. The van der Waals surface area contributed by atoms with Gasteiger partial charge >= 0.3 is 0 Å². The Kier molecular flexibility index (Phi) is 3.14. The molecule has 0 unspecified atom stereocenters. The maximum atomic E-state index is 4.34. The van der Waals surface area contributed by atoms with Gasteiger partial charge in [0.15, 0.2) is 0 Å². The summed E-state index contributed by atoms with van der Waals surface area (Å²) in [6.07, 6.45) is 7.02. The fourth-order valence-corrected chi connectivity index (χ4v) is 2.66. The van der Waals surface area contributed by atoms with Gasteiger partial charge in [-0.15, -0.1) is 11.3 Å². The highest BCUT2D eigenvalue weighted by molar-refractivity contribution is 7.19. The number of pyridine rings is 1. The first-order valence-corrected chi connectivity index (χ1v) is 6.05. The van der Waals surface area contributed by atoms with Crippen LogP contribution >= 0.6 is 11.3 Å². The van der Waals surface area contributed by atoms with Crippen molar-refractivity contribution in [3.8, 4) is 0 Å². The van der Waals surface area contributed by atoms with Gasteiger partial charge in [-0.1, -0.05) is 19.8 Å². The predicted molar refractivity (Wildman–Crippen MR) is 62.8 cm³/mol. The van der Waals surface area contributed by atoms with Crippen LogP contribution in [-0.2, 0) is 6.42 Å². The molecule has 2 heterocycles. The van der Waals surface area contributed by atoms with Gasteiger partial charge in [-0.3, -0.25) is 4.98 Å². The van der Waals surface area contributed by atoms with Gasteiger partial charge in [-0.05, 0) is 31.0 Å². The van der Waals surface area contributed by atoms with Crippen LogP contribution < -0.4 is 0 Å². The molecule has 0 aliphatic carbocycles. The lowest BCUT2D eigenvalue weighted by atomic mass is 10.2. The first-order valence-electron chi connectivity index (χ1n) is 5.23. The van der Waals surface area contributed by atoms with E-state index < -0.39 is 0 Å². The van der Waals surface area contributed by atoms with Gasteiger partial charge < -0.3 is 0 Å². The number of aromatic nitrogens is 1. The molecule has 74 valence electrons. The molecule has 2 aromatic rings. The first kappa shape index (κ1) is 9.66. The van der Waals surface area contributed by atoms with Crippen molar-refractivity contribution >= 4 is 21.6 Å². The minimum atomic E-state index is 1.16. The minimum Gasteiger partial charge on any atom is -0.255 e. The summed E-state index contributed by atoms with van der Waals surface area (Å²) in [4.78, 5) is 5.82. The van der Waals surface area contributed by atoms with E-state index in [0.717, 1.165) is 5.52 Å². The normalized spacial score (nSPS) is 10.9. The van der Waals surface area contributed by atoms with Gasteiger partial charge in [-0.2, -0.15) is 0 Å². The van der Waals surface area contributed by atoms with E-state index in [9.17, 15) is 0 Å². The molecule has 0 aliphatic rings. The number of nitrogens with zero attached hydrogens (tertiary/aromatic N) is 1. The molecule has 0 aliphatic heterocycles. The van der Waals surface area contributed by atoms with Crippen molar-refractivity contribution in [1.29, 1.82) is 0 Å². The molecule has 2 aromatic heterocycles. The largest absolute Gasteiger partial charge is 0.255 e. The molecular weight excluding hydrogens is 190 g/mol. The van der Waals surface area contributed by atoms with Crippen LogP contribution in [0.5, 0.6) is 0 Å². The second kappa shape index (κ2) is 4.56. The topological polar surface area (TPSA) is 12.9 Å². The van der Waals surface area contributed by atoms with Gasteiger partial charge in [0.05, 0.1) is 10.2 Å². The predicted octanol–water partition coefficient (Wildman–Crippen LogP) is 4.03. The van der Waals surface area contributed by atoms with E-state index in [1.54, 1.807) is 0 Å². The van der Waals surface area contributed by atoms with Crippen molar-refractivity contribution in [3.05, 3.63) is 29.3 Å². The molecule has 2 rings (SSSR count). The highest BCUT2D eigenvalue weighted by Crippen LogP contribution is 2.24. The average molecular weight is 205 g/mol. The molecule has 1 nitrogen and oxygen atoms in total. The average Bonchev–Trinajstić information content (AvgIpc) is 2.60. The van der Waals surface area contributed by atoms with Crippen LogP contribution in [0.4, 0.5) is 0 Å². The zero-order valence-electron chi connectivity index (χ0n) is 8.49.